The second kappa shape index (κ2) is 14.1. The van der Waals surface area contributed by atoms with Gasteiger partial charge in [0.05, 0.1) is 12.7 Å². The Morgan fingerprint density at radius 1 is 1.10 bits per heavy atom. The fourth-order valence-electron chi connectivity index (χ4n) is 4.03. The van der Waals surface area contributed by atoms with Crippen molar-refractivity contribution in [3.8, 4) is 5.75 Å². The van der Waals surface area contributed by atoms with Crippen LogP contribution in [0, 0.1) is 0 Å². The van der Waals surface area contributed by atoms with Crippen LogP contribution < -0.4 is 15.4 Å². The third kappa shape index (κ3) is 8.70. The molecule has 1 heterocycles. The number of fused-ring (bicyclic) bond motifs is 1. The minimum absolute atomic E-state index is 0. The maximum Gasteiger partial charge on any atom is 0.190 e. The Labute approximate surface area is 193 Å². The summed E-state index contributed by atoms with van der Waals surface area (Å²) in [6, 6.07) is 6.54. The van der Waals surface area contributed by atoms with Crippen molar-refractivity contribution in [1.82, 2.24) is 10.6 Å². The summed E-state index contributed by atoms with van der Waals surface area (Å²) < 4.78 is 11.6. The van der Waals surface area contributed by atoms with Gasteiger partial charge in [-0.2, -0.15) is 0 Å². The van der Waals surface area contributed by atoms with Crippen molar-refractivity contribution in [2.75, 3.05) is 33.4 Å². The minimum atomic E-state index is 0. The lowest BCUT2D eigenvalue weighted by molar-refractivity contribution is 0.0264. The van der Waals surface area contributed by atoms with Crippen LogP contribution in [-0.2, 0) is 17.6 Å². The third-order valence-electron chi connectivity index (χ3n) is 5.70. The van der Waals surface area contributed by atoms with E-state index < -0.39 is 0 Å². The van der Waals surface area contributed by atoms with Gasteiger partial charge in [0.2, 0.25) is 0 Å². The van der Waals surface area contributed by atoms with Crippen LogP contribution in [0.4, 0.5) is 0 Å². The number of aliphatic imine (C=N–C) groups is 1. The molecule has 0 unspecified atom stereocenters. The zero-order valence-corrected chi connectivity index (χ0v) is 20.2. The lowest BCUT2D eigenvalue weighted by Crippen LogP contribution is -2.38. The normalized spacial score (nSPS) is 16.7. The molecule has 1 aromatic rings. The summed E-state index contributed by atoms with van der Waals surface area (Å²) >= 11 is 0. The molecule has 2 aliphatic rings. The Balaban J connectivity index is 0.00000300. The van der Waals surface area contributed by atoms with Crippen LogP contribution in [0.15, 0.2) is 23.2 Å². The van der Waals surface area contributed by atoms with Gasteiger partial charge in [-0.3, -0.25) is 4.99 Å². The number of ether oxygens (including phenoxy) is 2. The SMILES string of the molecule is CN=C(NCCCCCOC1CCCCC1)NCCc1ccc2c(c1)CCO2.I. The Morgan fingerprint density at radius 3 is 2.76 bits per heavy atom. The summed E-state index contributed by atoms with van der Waals surface area (Å²) in [5.74, 6) is 1.95. The molecule has 1 fully saturated rings. The molecule has 29 heavy (non-hydrogen) atoms. The Bertz CT molecular complexity index is 618. The molecule has 0 spiro atoms. The van der Waals surface area contributed by atoms with Gasteiger partial charge >= 0.3 is 0 Å². The number of halogens is 1. The van der Waals surface area contributed by atoms with Crippen LogP contribution in [0.3, 0.4) is 0 Å². The van der Waals surface area contributed by atoms with Crippen LogP contribution in [0.1, 0.15) is 62.5 Å². The summed E-state index contributed by atoms with van der Waals surface area (Å²) in [6.45, 7) is 3.58. The van der Waals surface area contributed by atoms with Crippen molar-refractivity contribution in [3.63, 3.8) is 0 Å². The number of benzene rings is 1. The summed E-state index contributed by atoms with van der Waals surface area (Å²) in [5.41, 5.74) is 2.69. The average molecular weight is 515 g/mol. The zero-order chi connectivity index (χ0) is 19.4. The largest absolute Gasteiger partial charge is 0.493 e. The molecule has 0 saturated heterocycles. The van der Waals surface area contributed by atoms with Gasteiger partial charge in [0.25, 0.3) is 0 Å². The van der Waals surface area contributed by atoms with Crippen molar-refractivity contribution in [1.29, 1.82) is 0 Å². The van der Waals surface area contributed by atoms with E-state index in [1.54, 1.807) is 0 Å². The molecule has 3 rings (SSSR count). The molecule has 2 N–H and O–H groups in total. The quantitative estimate of drug-likeness (QED) is 0.209. The number of rotatable bonds is 10. The van der Waals surface area contributed by atoms with Gasteiger partial charge in [0.1, 0.15) is 5.75 Å². The predicted octanol–water partition coefficient (Wildman–Crippen LogP) is 4.47. The third-order valence-corrected chi connectivity index (χ3v) is 5.70. The molecule has 0 amide bonds. The molecule has 1 aromatic carbocycles. The second-order valence-corrected chi connectivity index (χ2v) is 7.91. The Morgan fingerprint density at radius 2 is 1.93 bits per heavy atom. The van der Waals surface area contributed by atoms with Gasteiger partial charge in [-0.1, -0.05) is 31.4 Å². The Hall–Kier alpha value is -1.02. The summed E-state index contributed by atoms with van der Waals surface area (Å²) in [4.78, 5) is 4.32. The molecule has 0 radical (unpaired) electrons. The van der Waals surface area contributed by atoms with E-state index in [2.05, 4.69) is 33.8 Å². The number of hydrogen-bond donors (Lipinski definition) is 2. The first-order valence-corrected chi connectivity index (χ1v) is 11.2. The van der Waals surface area contributed by atoms with Crippen molar-refractivity contribution in [3.05, 3.63) is 29.3 Å². The highest BCUT2D eigenvalue weighted by Gasteiger charge is 2.13. The topological polar surface area (TPSA) is 54.9 Å². The van der Waals surface area contributed by atoms with Gasteiger partial charge in [-0.15, -0.1) is 24.0 Å². The van der Waals surface area contributed by atoms with Crippen LogP contribution >= 0.6 is 24.0 Å². The van der Waals surface area contributed by atoms with Crippen molar-refractivity contribution in [2.24, 2.45) is 4.99 Å². The first kappa shape index (κ1) is 24.3. The summed E-state index contributed by atoms with van der Waals surface area (Å²) in [5, 5.41) is 6.83. The number of unbranched alkanes of at least 4 members (excludes halogenated alkanes) is 2. The van der Waals surface area contributed by atoms with E-state index in [9.17, 15) is 0 Å². The van der Waals surface area contributed by atoms with Crippen LogP contribution in [0.5, 0.6) is 5.75 Å². The van der Waals surface area contributed by atoms with Crippen molar-refractivity contribution < 1.29 is 9.47 Å². The maximum atomic E-state index is 5.99. The lowest BCUT2D eigenvalue weighted by Gasteiger charge is -2.21. The van der Waals surface area contributed by atoms with E-state index in [1.165, 1.54) is 49.7 Å². The molecule has 1 aliphatic carbocycles. The van der Waals surface area contributed by atoms with Crippen LogP contribution in [-0.4, -0.2) is 45.4 Å². The molecular weight excluding hydrogens is 477 g/mol. The zero-order valence-electron chi connectivity index (χ0n) is 17.9. The lowest BCUT2D eigenvalue weighted by atomic mass is 9.98. The maximum absolute atomic E-state index is 5.99. The standard InChI is InChI=1S/C23H37N3O2.HI/c1-24-23(25-14-6-3-7-16-27-21-8-4-2-5-9-21)26-15-12-19-10-11-22-20(18-19)13-17-28-22;/h10-11,18,21H,2-9,12-17H2,1H3,(H2,24,25,26);1H. The fraction of sp³-hybridized carbons (Fsp3) is 0.696. The van der Waals surface area contributed by atoms with Gasteiger partial charge in [-0.25, -0.2) is 0 Å². The fourth-order valence-corrected chi connectivity index (χ4v) is 4.03. The van der Waals surface area contributed by atoms with Crippen molar-refractivity contribution >= 4 is 29.9 Å². The number of guanidine groups is 1. The first-order valence-electron chi connectivity index (χ1n) is 11.2. The molecule has 0 atom stereocenters. The molecule has 5 nitrogen and oxygen atoms in total. The van der Waals surface area contributed by atoms with E-state index in [0.717, 1.165) is 63.7 Å². The average Bonchev–Trinajstić information content (AvgIpc) is 3.20. The van der Waals surface area contributed by atoms with Gasteiger partial charge in [0.15, 0.2) is 5.96 Å². The van der Waals surface area contributed by atoms with Crippen LogP contribution in [0.2, 0.25) is 0 Å². The second-order valence-electron chi connectivity index (χ2n) is 7.91. The number of nitrogens with zero attached hydrogens (tertiary/aromatic N) is 1. The molecular formula is C23H38IN3O2. The molecule has 1 aliphatic heterocycles. The van der Waals surface area contributed by atoms with E-state index >= 15 is 0 Å². The first-order chi connectivity index (χ1) is 13.8. The highest BCUT2D eigenvalue weighted by molar-refractivity contribution is 14.0. The van der Waals surface area contributed by atoms with Gasteiger partial charge in [0, 0.05) is 33.2 Å². The van der Waals surface area contributed by atoms with E-state index in [1.807, 2.05) is 7.05 Å². The molecule has 0 aromatic heterocycles. The van der Waals surface area contributed by atoms with Gasteiger partial charge in [-0.05, 0) is 55.7 Å². The molecule has 0 bridgehead atoms. The van der Waals surface area contributed by atoms with Crippen LogP contribution in [0.25, 0.3) is 0 Å². The van der Waals surface area contributed by atoms with E-state index in [0.29, 0.717) is 6.10 Å². The smallest absolute Gasteiger partial charge is 0.190 e. The summed E-state index contributed by atoms with van der Waals surface area (Å²) in [7, 11) is 1.83. The Kier molecular flexibility index (Phi) is 11.8. The summed E-state index contributed by atoms with van der Waals surface area (Å²) in [6.07, 6.45) is 12.7. The number of nitrogens with one attached hydrogen (secondary N) is 2. The van der Waals surface area contributed by atoms with E-state index in [4.69, 9.17) is 9.47 Å². The molecule has 6 heteroatoms. The molecule has 1 saturated carbocycles. The van der Waals surface area contributed by atoms with Crippen molar-refractivity contribution in [2.45, 2.75) is 70.3 Å². The van der Waals surface area contributed by atoms with Gasteiger partial charge < -0.3 is 20.1 Å². The molecule has 164 valence electrons. The minimum Gasteiger partial charge on any atom is -0.493 e. The van der Waals surface area contributed by atoms with E-state index in [-0.39, 0.29) is 24.0 Å². The highest BCUT2D eigenvalue weighted by atomic mass is 127. The highest BCUT2D eigenvalue weighted by Crippen LogP contribution is 2.25. The number of hydrogen-bond acceptors (Lipinski definition) is 3. The monoisotopic (exact) mass is 515 g/mol. The predicted molar refractivity (Wildman–Crippen MR) is 131 cm³/mol.